The second-order valence-corrected chi connectivity index (χ2v) is 3.68. The lowest BCUT2D eigenvalue weighted by atomic mass is 10.2. The van der Waals surface area contributed by atoms with E-state index in [1.54, 1.807) is 0 Å². The van der Waals surface area contributed by atoms with Gasteiger partial charge in [0.15, 0.2) is 0 Å². The van der Waals surface area contributed by atoms with Crippen LogP contribution in [0.2, 0.25) is 5.02 Å². The van der Waals surface area contributed by atoms with Crippen LogP contribution in [0.25, 0.3) is 0 Å². The minimum atomic E-state index is 0.123. The van der Waals surface area contributed by atoms with Crippen LogP contribution >= 0.6 is 11.6 Å². The molecule has 0 aliphatic rings. The first-order valence-corrected chi connectivity index (χ1v) is 5.18. The summed E-state index contributed by atoms with van der Waals surface area (Å²) >= 11 is 5.96. The summed E-state index contributed by atoms with van der Waals surface area (Å²) in [6.07, 6.45) is 0.933. The molecule has 0 aliphatic carbocycles. The quantitative estimate of drug-likeness (QED) is 0.816. The van der Waals surface area contributed by atoms with Gasteiger partial charge in [-0.1, -0.05) is 36.7 Å². The second-order valence-electron chi connectivity index (χ2n) is 3.27. The van der Waals surface area contributed by atoms with E-state index < -0.39 is 0 Å². The second kappa shape index (κ2) is 6.02. The molecule has 0 saturated heterocycles. The van der Waals surface area contributed by atoms with Crippen LogP contribution in [-0.2, 0) is 11.3 Å². The zero-order valence-electron chi connectivity index (χ0n) is 8.37. The lowest BCUT2D eigenvalue weighted by Crippen LogP contribution is -2.24. The van der Waals surface area contributed by atoms with Gasteiger partial charge in [0.1, 0.15) is 0 Å². The third-order valence-corrected chi connectivity index (χ3v) is 2.44. The number of rotatable bonds is 5. The third kappa shape index (κ3) is 3.66. The van der Waals surface area contributed by atoms with Crippen LogP contribution < -0.4 is 5.73 Å². The largest absolute Gasteiger partial charge is 0.375 e. The van der Waals surface area contributed by atoms with Crippen molar-refractivity contribution in [2.45, 2.75) is 26.0 Å². The molecule has 2 N–H and O–H groups in total. The van der Waals surface area contributed by atoms with Gasteiger partial charge in [-0.3, -0.25) is 0 Å². The van der Waals surface area contributed by atoms with E-state index in [0.29, 0.717) is 13.2 Å². The summed E-state index contributed by atoms with van der Waals surface area (Å²) < 4.78 is 5.44. The summed E-state index contributed by atoms with van der Waals surface area (Å²) in [5.41, 5.74) is 6.73. The Balaban J connectivity index is 2.35. The highest BCUT2D eigenvalue weighted by Crippen LogP contribution is 2.15. The molecule has 0 radical (unpaired) electrons. The first-order chi connectivity index (χ1) is 6.74. The predicted molar refractivity (Wildman–Crippen MR) is 59.4 cm³/mol. The van der Waals surface area contributed by atoms with Crippen molar-refractivity contribution < 1.29 is 4.74 Å². The van der Waals surface area contributed by atoms with Gasteiger partial charge in [-0.15, -0.1) is 0 Å². The summed E-state index contributed by atoms with van der Waals surface area (Å²) in [6.45, 7) is 3.17. The van der Waals surface area contributed by atoms with Crippen LogP contribution in [0.4, 0.5) is 0 Å². The lowest BCUT2D eigenvalue weighted by molar-refractivity contribution is 0.107. The minimum Gasteiger partial charge on any atom is -0.375 e. The zero-order valence-corrected chi connectivity index (χ0v) is 9.13. The van der Waals surface area contributed by atoms with Crippen molar-refractivity contribution in [3.63, 3.8) is 0 Å². The normalized spacial score (nSPS) is 12.8. The Morgan fingerprint density at radius 1 is 1.43 bits per heavy atom. The van der Waals surface area contributed by atoms with Crippen LogP contribution in [0.3, 0.4) is 0 Å². The Morgan fingerprint density at radius 3 is 2.79 bits per heavy atom. The van der Waals surface area contributed by atoms with Gasteiger partial charge >= 0.3 is 0 Å². The van der Waals surface area contributed by atoms with Crippen molar-refractivity contribution in [2.24, 2.45) is 5.73 Å². The Labute approximate surface area is 90.0 Å². The monoisotopic (exact) mass is 213 g/mol. The van der Waals surface area contributed by atoms with Crippen LogP contribution in [-0.4, -0.2) is 12.6 Å². The van der Waals surface area contributed by atoms with Gasteiger partial charge in [0, 0.05) is 11.1 Å². The van der Waals surface area contributed by atoms with E-state index in [2.05, 4.69) is 0 Å². The van der Waals surface area contributed by atoms with Gasteiger partial charge in [-0.25, -0.2) is 0 Å². The maximum absolute atomic E-state index is 5.96. The molecule has 1 unspecified atom stereocenters. The molecule has 1 atom stereocenters. The molecule has 0 aromatic heterocycles. The number of hydrogen-bond donors (Lipinski definition) is 1. The Morgan fingerprint density at radius 2 is 2.14 bits per heavy atom. The molecule has 0 bridgehead atoms. The fraction of sp³-hybridized carbons (Fsp3) is 0.455. The SMILES string of the molecule is CCC(N)COCc1ccccc1Cl. The third-order valence-electron chi connectivity index (χ3n) is 2.07. The van der Waals surface area contributed by atoms with Crippen molar-refractivity contribution in [2.75, 3.05) is 6.61 Å². The molecule has 2 nitrogen and oxygen atoms in total. The highest BCUT2D eigenvalue weighted by Gasteiger charge is 2.01. The van der Waals surface area contributed by atoms with Crippen molar-refractivity contribution in [3.8, 4) is 0 Å². The van der Waals surface area contributed by atoms with E-state index in [1.165, 1.54) is 0 Å². The van der Waals surface area contributed by atoms with E-state index in [1.807, 2.05) is 31.2 Å². The summed E-state index contributed by atoms with van der Waals surface area (Å²) in [6, 6.07) is 7.80. The Hall–Kier alpha value is -0.570. The number of halogens is 1. The highest BCUT2D eigenvalue weighted by atomic mass is 35.5. The van der Waals surface area contributed by atoms with Crippen LogP contribution in [0, 0.1) is 0 Å². The molecule has 1 aromatic carbocycles. The van der Waals surface area contributed by atoms with Gasteiger partial charge in [-0.05, 0) is 18.1 Å². The Kier molecular flexibility index (Phi) is 4.94. The lowest BCUT2D eigenvalue weighted by Gasteiger charge is -2.10. The number of nitrogens with two attached hydrogens (primary N) is 1. The summed E-state index contributed by atoms with van der Waals surface area (Å²) in [7, 11) is 0. The van der Waals surface area contributed by atoms with Gasteiger partial charge in [0.2, 0.25) is 0 Å². The van der Waals surface area contributed by atoms with Crippen molar-refractivity contribution in [1.29, 1.82) is 0 Å². The van der Waals surface area contributed by atoms with Crippen LogP contribution in [0.15, 0.2) is 24.3 Å². The number of hydrogen-bond acceptors (Lipinski definition) is 2. The maximum Gasteiger partial charge on any atom is 0.0732 e. The Bertz CT molecular complexity index is 278. The molecule has 0 fully saturated rings. The van der Waals surface area contributed by atoms with Crippen LogP contribution in [0.1, 0.15) is 18.9 Å². The average Bonchev–Trinajstić information content (AvgIpc) is 2.20. The van der Waals surface area contributed by atoms with Crippen molar-refractivity contribution >= 4 is 11.6 Å². The van der Waals surface area contributed by atoms with Crippen LogP contribution in [0.5, 0.6) is 0 Å². The van der Waals surface area contributed by atoms with E-state index in [-0.39, 0.29) is 6.04 Å². The van der Waals surface area contributed by atoms with Gasteiger partial charge in [0.05, 0.1) is 13.2 Å². The van der Waals surface area contributed by atoms with Crippen molar-refractivity contribution in [1.82, 2.24) is 0 Å². The zero-order chi connectivity index (χ0) is 10.4. The highest BCUT2D eigenvalue weighted by molar-refractivity contribution is 6.31. The van der Waals surface area contributed by atoms with E-state index >= 15 is 0 Å². The first kappa shape index (κ1) is 11.5. The fourth-order valence-corrected chi connectivity index (χ4v) is 1.24. The molecule has 0 aliphatic heterocycles. The molecule has 3 heteroatoms. The van der Waals surface area contributed by atoms with Gasteiger partial charge < -0.3 is 10.5 Å². The number of ether oxygens (including phenoxy) is 1. The summed E-state index contributed by atoms with van der Waals surface area (Å²) in [5.74, 6) is 0. The van der Waals surface area contributed by atoms with Gasteiger partial charge in [-0.2, -0.15) is 0 Å². The molecule has 0 amide bonds. The molecule has 1 aromatic rings. The average molecular weight is 214 g/mol. The molecule has 14 heavy (non-hydrogen) atoms. The van der Waals surface area contributed by atoms with Crippen molar-refractivity contribution in [3.05, 3.63) is 34.9 Å². The molecular weight excluding hydrogens is 198 g/mol. The molecular formula is C11H16ClNO. The molecule has 1 rings (SSSR count). The fourth-order valence-electron chi connectivity index (χ4n) is 1.05. The van der Waals surface area contributed by atoms with E-state index in [0.717, 1.165) is 17.0 Å². The molecule has 78 valence electrons. The summed E-state index contributed by atoms with van der Waals surface area (Å²) in [5, 5.41) is 0.748. The number of benzene rings is 1. The standard InChI is InChI=1S/C11H16ClNO/c1-2-10(13)8-14-7-9-5-3-4-6-11(9)12/h3-6,10H,2,7-8,13H2,1H3. The topological polar surface area (TPSA) is 35.2 Å². The smallest absolute Gasteiger partial charge is 0.0732 e. The van der Waals surface area contributed by atoms with E-state index in [4.69, 9.17) is 22.1 Å². The summed E-state index contributed by atoms with van der Waals surface area (Å²) in [4.78, 5) is 0. The minimum absolute atomic E-state index is 0.123. The molecule has 0 saturated carbocycles. The maximum atomic E-state index is 5.96. The van der Waals surface area contributed by atoms with Gasteiger partial charge in [0.25, 0.3) is 0 Å². The molecule has 0 heterocycles. The predicted octanol–water partition coefficient (Wildman–Crippen LogP) is 2.59. The first-order valence-electron chi connectivity index (χ1n) is 4.80. The van der Waals surface area contributed by atoms with E-state index in [9.17, 15) is 0 Å². The molecule has 0 spiro atoms.